The van der Waals surface area contributed by atoms with E-state index in [-0.39, 0.29) is 10.8 Å². The van der Waals surface area contributed by atoms with Gasteiger partial charge in [0.2, 0.25) is 15.9 Å². The van der Waals surface area contributed by atoms with Crippen LogP contribution in [0.2, 0.25) is 0 Å². The van der Waals surface area contributed by atoms with Crippen LogP contribution in [0, 0.1) is 0 Å². The highest BCUT2D eigenvalue weighted by Gasteiger charge is 2.30. The molecule has 7 nitrogen and oxygen atoms in total. The summed E-state index contributed by atoms with van der Waals surface area (Å²) in [5.74, 6) is 0.680. The first-order valence-electron chi connectivity index (χ1n) is 9.81. The third kappa shape index (κ3) is 5.56. The smallest absolute Gasteiger partial charge is 0.243 e. The molecule has 2 N–H and O–H groups in total. The van der Waals surface area contributed by atoms with Gasteiger partial charge in [-0.2, -0.15) is 4.31 Å². The molecule has 0 atom stereocenters. The zero-order valence-corrected chi connectivity index (χ0v) is 17.7. The molecule has 1 aliphatic heterocycles. The summed E-state index contributed by atoms with van der Waals surface area (Å²) in [4.78, 5) is 12.7. The van der Waals surface area contributed by atoms with Gasteiger partial charge >= 0.3 is 0 Å². The maximum atomic E-state index is 12.9. The minimum atomic E-state index is -3.52. The average molecular weight is 419 g/mol. The van der Waals surface area contributed by atoms with Crippen molar-refractivity contribution < 1.29 is 22.8 Å². The monoisotopic (exact) mass is 418 g/mol. The van der Waals surface area contributed by atoms with E-state index in [1.807, 2.05) is 19.1 Å². The molecule has 0 spiro atoms. The molecule has 0 aliphatic carbocycles. The minimum Gasteiger partial charge on any atom is -0.494 e. The summed E-state index contributed by atoms with van der Waals surface area (Å²) in [5, 5.41) is 2.64. The number of piperazine rings is 1. The molecule has 1 heterocycles. The normalized spacial score (nSPS) is 15.8. The lowest BCUT2D eigenvalue weighted by Crippen LogP contribution is -3.13. The number of amides is 1. The highest BCUT2D eigenvalue weighted by Crippen LogP contribution is 2.18. The predicted octanol–water partition coefficient (Wildman–Crippen LogP) is 1.13. The summed E-state index contributed by atoms with van der Waals surface area (Å²) in [7, 11) is -3.52. The quantitative estimate of drug-likeness (QED) is 0.707. The van der Waals surface area contributed by atoms with Crippen molar-refractivity contribution in [3.05, 3.63) is 54.1 Å². The van der Waals surface area contributed by atoms with Crippen LogP contribution in [0.3, 0.4) is 0 Å². The number of benzene rings is 2. The molecule has 0 bridgehead atoms. The largest absolute Gasteiger partial charge is 0.494 e. The topological polar surface area (TPSA) is 80.2 Å². The van der Waals surface area contributed by atoms with Gasteiger partial charge in [0.25, 0.3) is 0 Å². The van der Waals surface area contributed by atoms with Crippen LogP contribution in [0.15, 0.2) is 53.4 Å². The van der Waals surface area contributed by atoms with Crippen LogP contribution in [-0.2, 0) is 21.4 Å². The number of nitrogens with one attached hydrogen (secondary N) is 2. The van der Waals surface area contributed by atoms with Gasteiger partial charge in [-0.15, -0.1) is 0 Å². The van der Waals surface area contributed by atoms with Gasteiger partial charge in [0.05, 0.1) is 37.7 Å². The fraction of sp³-hybridized carbons (Fsp3) is 0.381. The van der Waals surface area contributed by atoms with E-state index in [0.717, 1.165) is 25.4 Å². The molecule has 8 heteroatoms. The number of carbonyl (C=O) groups excluding carboxylic acids is 1. The standard InChI is InChI=1S/C21H27N3O4S/c1-3-28-20-8-4-18(5-9-20)16-23-12-14-24(15-13-23)29(26,27)21-10-6-19(7-11-21)22-17(2)25/h4-11H,3,12-16H2,1-2H3,(H,22,25)/p+1. The van der Waals surface area contributed by atoms with Crippen molar-refractivity contribution in [1.82, 2.24) is 4.31 Å². The Labute approximate surface area is 172 Å². The van der Waals surface area contributed by atoms with E-state index in [9.17, 15) is 13.2 Å². The third-order valence-electron chi connectivity index (χ3n) is 4.93. The minimum absolute atomic E-state index is 0.188. The number of ether oxygens (including phenoxy) is 1. The molecule has 156 valence electrons. The van der Waals surface area contributed by atoms with Gasteiger partial charge in [-0.3, -0.25) is 4.79 Å². The van der Waals surface area contributed by atoms with Gasteiger partial charge < -0.3 is 15.0 Å². The number of rotatable bonds is 7. The number of sulfonamides is 1. The molecule has 0 aromatic heterocycles. The molecule has 1 fully saturated rings. The highest BCUT2D eigenvalue weighted by atomic mass is 32.2. The van der Waals surface area contributed by atoms with E-state index in [4.69, 9.17) is 4.74 Å². The average Bonchev–Trinajstić information content (AvgIpc) is 2.70. The zero-order chi connectivity index (χ0) is 20.9. The van der Waals surface area contributed by atoms with Gasteiger partial charge in [0.1, 0.15) is 12.3 Å². The Bertz CT molecular complexity index is 919. The molecule has 1 saturated heterocycles. The summed E-state index contributed by atoms with van der Waals surface area (Å²) >= 11 is 0. The Morgan fingerprint density at radius 2 is 1.69 bits per heavy atom. The summed E-state index contributed by atoms with van der Waals surface area (Å²) in [6, 6.07) is 14.4. The van der Waals surface area contributed by atoms with Crippen molar-refractivity contribution in [2.24, 2.45) is 0 Å². The van der Waals surface area contributed by atoms with Crippen LogP contribution < -0.4 is 15.0 Å². The highest BCUT2D eigenvalue weighted by molar-refractivity contribution is 7.89. The van der Waals surface area contributed by atoms with Crippen molar-refractivity contribution in [2.75, 3.05) is 38.1 Å². The lowest BCUT2D eigenvalue weighted by molar-refractivity contribution is -0.917. The number of quaternary nitrogens is 1. The first-order valence-corrected chi connectivity index (χ1v) is 11.3. The molecule has 1 aliphatic rings. The van der Waals surface area contributed by atoms with Crippen LogP contribution in [0.5, 0.6) is 5.75 Å². The van der Waals surface area contributed by atoms with Crippen molar-refractivity contribution >= 4 is 21.6 Å². The first-order chi connectivity index (χ1) is 13.9. The van der Waals surface area contributed by atoms with E-state index in [1.54, 1.807) is 28.6 Å². The van der Waals surface area contributed by atoms with Crippen LogP contribution in [0.4, 0.5) is 5.69 Å². The summed E-state index contributed by atoms with van der Waals surface area (Å²) < 4.78 is 32.8. The van der Waals surface area contributed by atoms with Crippen LogP contribution in [-0.4, -0.2) is 51.4 Å². The Morgan fingerprint density at radius 3 is 2.24 bits per heavy atom. The van der Waals surface area contributed by atoms with Crippen molar-refractivity contribution in [2.45, 2.75) is 25.3 Å². The number of nitrogens with zero attached hydrogens (tertiary/aromatic N) is 1. The third-order valence-corrected chi connectivity index (χ3v) is 6.84. The SMILES string of the molecule is CCOc1ccc(C[NH+]2CCN(S(=O)(=O)c3ccc(NC(C)=O)cc3)CC2)cc1. The van der Waals surface area contributed by atoms with Crippen molar-refractivity contribution in [3.8, 4) is 5.75 Å². The lowest BCUT2D eigenvalue weighted by Gasteiger charge is -2.31. The Morgan fingerprint density at radius 1 is 1.07 bits per heavy atom. The van der Waals surface area contributed by atoms with E-state index in [0.29, 0.717) is 25.4 Å². The van der Waals surface area contributed by atoms with Gasteiger partial charge in [-0.05, 0) is 55.5 Å². The number of hydrogen-bond acceptors (Lipinski definition) is 4. The molecule has 3 rings (SSSR count). The number of hydrogen-bond donors (Lipinski definition) is 2. The van der Waals surface area contributed by atoms with Crippen molar-refractivity contribution in [3.63, 3.8) is 0 Å². The molecule has 1 amide bonds. The van der Waals surface area contributed by atoms with Gasteiger partial charge in [-0.1, -0.05) is 0 Å². The molecular formula is C21H28N3O4S+. The van der Waals surface area contributed by atoms with Crippen LogP contribution >= 0.6 is 0 Å². The number of anilines is 1. The maximum absolute atomic E-state index is 12.9. The summed E-state index contributed by atoms with van der Waals surface area (Å²) in [6.07, 6.45) is 0. The zero-order valence-electron chi connectivity index (χ0n) is 16.8. The van der Waals surface area contributed by atoms with Gasteiger partial charge in [0.15, 0.2) is 0 Å². The van der Waals surface area contributed by atoms with Gasteiger partial charge in [0, 0.05) is 18.2 Å². The molecule has 29 heavy (non-hydrogen) atoms. The van der Waals surface area contributed by atoms with Crippen LogP contribution in [0.25, 0.3) is 0 Å². The van der Waals surface area contributed by atoms with Crippen LogP contribution in [0.1, 0.15) is 19.4 Å². The summed E-state index contributed by atoms with van der Waals surface area (Å²) in [5.41, 5.74) is 1.80. The molecule has 0 unspecified atom stereocenters. The van der Waals surface area contributed by atoms with E-state index < -0.39 is 10.0 Å². The molecular weight excluding hydrogens is 390 g/mol. The van der Waals surface area contributed by atoms with E-state index in [1.165, 1.54) is 17.4 Å². The molecule has 2 aromatic carbocycles. The van der Waals surface area contributed by atoms with E-state index in [2.05, 4.69) is 17.4 Å². The maximum Gasteiger partial charge on any atom is 0.243 e. The second-order valence-corrected chi connectivity index (χ2v) is 9.05. The Kier molecular flexibility index (Phi) is 6.89. The summed E-state index contributed by atoms with van der Waals surface area (Å²) in [6.45, 7) is 7.39. The fourth-order valence-electron chi connectivity index (χ4n) is 3.44. The van der Waals surface area contributed by atoms with Crippen molar-refractivity contribution in [1.29, 1.82) is 0 Å². The molecule has 0 saturated carbocycles. The van der Waals surface area contributed by atoms with Gasteiger partial charge in [-0.25, -0.2) is 8.42 Å². The second kappa shape index (κ2) is 9.39. The Balaban J connectivity index is 1.57. The number of carbonyl (C=O) groups is 1. The lowest BCUT2D eigenvalue weighted by atomic mass is 10.2. The Hall–Kier alpha value is -2.42. The first kappa shape index (κ1) is 21.3. The molecule has 0 radical (unpaired) electrons. The van der Waals surface area contributed by atoms with E-state index >= 15 is 0 Å². The fourth-order valence-corrected chi connectivity index (χ4v) is 4.88. The predicted molar refractivity (Wildman–Crippen MR) is 112 cm³/mol. The molecule has 2 aromatic rings. The second-order valence-electron chi connectivity index (χ2n) is 7.11.